The molecule has 17 heavy (non-hydrogen) atoms. The van der Waals surface area contributed by atoms with Gasteiger partial charge >= 0.3 is 5.97 Å². The first-order valence-electron chi connectivity index (χ1n) is 4.38. The van der Waals surface area contributed by atoms with Crippen LogP contribution in [0.4, 0.5) is 0 Å². The molecule has 1 aromatic rings. The molecule has 1 aromatic carbocycles. The van der Waals surface area contributed by atoms with E-state index in [1.54, 1.807) is 0 Å². The quantitative estimate of drug-likeness (QED) is 0.905. The van der Waals surface area contributed by atoms with Gasteiger partial charge in [-0.15, -0.1) is 0 Å². The maximum absolute atomic E-state index is 12.0. The van der Waals surface area contributed by atoms with Crippen LogP contribution in [0.25, 0.3) is 0 Å². The number of carboxylic acid groups (broad SMARTS) is 1. The Hall–Kier alpha value is -0.630. The number of hydrogen-bond donors (Lipinski definition) is 1. The molecule has 94 valence electrons. The van der Waals surface area contributed by atoms with Crippen molar-refractivity contribution in [1.29, 1.82) is 0 Å². The molecule has 8 heteroatoms. The summed E-state index contributed by atoms with van der Waals surface area (Å²) in [6, 6.07) is 4.27. The zero-order valence-electron chi connectivity index (χ0n) is 8.72. The number of nitrogens with zero attached hydrogens (tertiary/aromatic N) is 1. The highest BCUT2D eigenvalue weighted by Gasteiger charge is 2.25. The van der Waals surface area contributed by atoms with E-state index in [4.69, 9.17) is 16.7 Å². The Bertz CT molecular complexity index is 546. The molecule has 0 saturated heterocycles. The molecule has 0 aliphatic heterocycles. The van der Waals surface area contributed by atoms with Gasteiger partial charge in [-0.1, -0.05) is 27.5 Å². The van der Waals surface area contributed by atoms with Crippen molar-refractivity contribution in [1.82, 2.24) is 4.31 Å². The minimum absolute atomic E-state index is 0.0385. The number of rotatable bonds is 4. The second kappa shape index (κ2) is 5.34. The van der Waals surface area contributed by atoms with Gasteiger partial charge < -0.3 is 5.11 Å². The Morgan fingerprint density at radius 3 is 2.59 bits per heavy atom. The summed E-state index contributed by atoms with van der Waals surface area (Å²) in [5, 5.41) is 8.60. The molecule has 5 nitrogen and oxygen atoms in total. The number of sulfonamides is 1. The molecule has 0 fully saturated rings. The summed E-state index contributed by atoms with van der Waals surface area (Å²) in [4.78, 5) is 10.4. The fraction of sp³-hybridized carbons (Fsp3) is 0.222. The Balaban J connectivity index is 3.17. The number of likely N-dealkylation sites (N-methyl/N-ethyl adjacent to an activating group) is 1. The van der Waals surface area contributed by atoms with Gasteiger partial charge in [-0.2, -0.15) is 4.31 Å². The minimum Gasteiger partial charge on any atom is -0.480 e. The van der Waals surface area contributed by atoms with E-state index >= 15 is 0 Å². The van der Waals surface area contributed by atoms with Crippen molar-refractivity contribution >= 4 is 43.5 Å². The number of halogens is 2. The van der Waals surface area contributed by atoms with Crippen LogP contribution in [0.2, 0.25) is 5.02 Å². The van der Waals surface area contributed by atoms with Crippen molar-refractivity contribution in [2.45, 2.75) is 4.90 Å². The summed E-state index contributed by atoms with van der Waals surface area (Å²) >= 11 is 8.96. The van der Waals surface area contributed by atoms with Crippen LogP contribution in [0.1, 0.15) is 0 Å². The van der Waals surface area contributed by atoms with Crippen molar-refractivity contribution in [2.24, 2.45) is 0 Å². The number of aliphatic carboxylic acids is 1. The first kappa shape index (κ1) is 14.4. The summed E-state index contributed by atoms with van der Waals surface area (Å²) in [5.41, 5.74) is 0. The fourth-order valence-corrected chi connectivity index (χ4v) is 3.26. The minimum atomic E-state index is -3.88. The first-order chi connectivity index (χ1) is 7.75. The smallest absolute Gasteiger partial charge is 0.318 e. The van der Waals surface area contributed by atoms with E-state index in [1.165, 1.54) is 25.2 Å². The number of benzene rings is 1. The molecule has 0 aliphatic rings. The topological polar surface area (TPSA) is 74.7 Å². The highest BCUT2D eigenvalue weighted by atomic mass is 79.9. The molecule has 0 unspecified atom stereocenters. The van der Waals surface area contributed by atoms with E-state index in [9.17, 15) is 13.2 Å². The molecule has 0 amide bonds. The van der Waals surface area contributed by atoms with Crippen LogP contribution in [0, 0.1) is 0 Å². The van der Waals surface area contributed by atoms with E-state index in [0.29, 0.717) is 4.47 Å². The van der Waals surface area contributed by atoms with Crippen LogP contribution in [0.5, 0.6) is 0 Å². The van der Waals surface area contributed by atoms with E-state index in [2.05, 4.69) is 15.9 Å². The molecule has 1 N–H and O–H groups in total. The van der Waals surface area contributed by atoms with Crippen LogP contribution in [0.3, 0.4) is 0 Å². The highest BCUT2D eigenvalue weighted by Crippen LogP contribution is 2.27. The molecule has 0 atom stereocenters. The molecule has 0 aliphatic carbocycles. The van der Waals surface area contributed by atoms with Crippen LogP contribution >= 0.6 is 27.5 Å². The number of carboxylic acids is 1. The van der Waals surface area contributed by atoms with E-state index < -0.39 is 22.5 Å². The van der Waals surface area contributed by atoms with Gasteiger partial charge in [0, 0.05) is 11.5 Å². The van der Waals surface area contributed by atoms with Crippen LogP contribution < -0.4 is 0 Å². The zero-order chi connectivity index (χ0) is 13.2. The van der Waals surface area contributed by atoms with Gasteiger partial charge in [-0.05, 0) is 18.2 Å². The lowest BCUT2D eigenvalue weighted by molar-refractivity contribution is -0.137. The summed E-state index contributed by atoms with van der Waals surface area (Å²) in [6.45, 7) is -0.616. The van der Waals surface area contributed by atoms with Gasteiger partial charge in [0.25, 0.3) is 0 Å². The van der Waals surface area contributed by atoms with Crippen molar-refractivity contribution < 1.29 is 18.3 Å². The lowest BCUT2D eigenvalue weighted by Gasteiger charge is -2.15. The van der Waals surface area contributed by atoms with Crippen molar-refractivity contribution in [3.8, 4) is 0 Å². The maximum atomic E-state index is 12.0. The van der Waals surface area contributed by atoms with Crippen molar-refractivity contribution in [3.05, 3.63) is 27.7 Å². The highest BCUT2D eigenvalue weighted by molar-refractivity contribution is 9.10. The zero-order valence-corrected chi connectivity index (χ0v) is 11.9. The SMILES string of the molecule is CN(CC(=O)O)S(=O)(=O)c1ccc(Br)cc1Cl. The van der Waals surface area contributed by atoms with Gasteiger partial charge in [0.05, 0.1) is 5.02 Å². The normalized spacial score (nSPS) is 11.8. The molecule has 0 heterocycles. The van der Waals surface area contributed by atoms with Crippen LogP contribution in [-0.4, -0.2) is 37.4 Å². The molecule has 0 saturated carbocycles. The third-order valence-corrected chi connectivity index (χ3v) is 4.72. The Kier molecular flexibility index (Phi) is 4.54. The molecule has 1 rings (SSSR count). The molecule has 0 aromatic heterocycles. The molecular weight excluding hydrogens is 334 g/mol. The van der Waals surface area contributed by atoms with Gasteiger partial charge in [0.2, 0.25) is 10.0 Å². The number of hydrogen-bond acceptors (Lipinski definition) is 3. The Labute approximate surface area is 112 Å². The van der Waals surface area contributed by atoms with Crippen molar-refractivity contribution in [3.63, 3.8) is 0 Å². The molecular formula is C9H9BrClNO4S. The third-order valence-electron chi connectivity index (χ3n) is 1.94. The monoisotopic (exact) mass is 341 g/mol. The van der Waals surface area contributed by atoms with Crippen LogP contribution in [-0.2, 0) is 14.8 Å². The van der Waals surface area contributed by atoms with Crippen LogP contribution in [0.15, 0.2) is 27.6 Å². The lowest BCUT2D eigenvalue weighted by Crippen LogP contribution is -2.32. The largest absolute Gasteiger partial charge is 0.480 e. The summed E-state index contributed by atoms with van der Waals surface area (Å²) < 4.78 is 25.3. The van der Waals surface area contributed by atoms with Crippen molar-refractivity contribution in [2.75, 3.05) is 13.6 Å². The Morgan fingerprint density at radius 1 is 1.53 bits per heavy atom. The molecule has 0 radical (unpaired) electrons. The standard InChI is InChI=1S/C9H9BrClNO4S/c1-12(5-9(13)14)17(15,16)8-3-2-6(10)4-7(8)11/h2-4H,5H2,1H3,(H,13,14). The lowest BCUT2D eigenvalue weighted by atomic mass is 10.4. The molecule has 0 bridgehead atoms. The molecule has 0 spiro atoms. The summed E-state index contributed by atoms with van der Waals surface area (Å²) in [7, 11) is -2.70. The van der Waals surface area contributed by atoms with Gasteiger partial charge in [0.1, 0.15) is 11.4 Å². The predicted octanol–water partition coefficient (Wildman–Crippen LogP) is 1.81. The average molecular weight is 343 g/mol. The average Bonchev–Trinajstić information content (AvgIpc) is 2.15. The first-order valence-corrected chi connectivity index (χ1v) is 6.99. The predicted molar refractivity (Wildman–Crippen MR) is 66.6 cm³/mol. The summed E-state index contributed by atoms with van der Waals surface area (Å²) in [6.07, 6.45) is 0. The van der Waals surface area contributed by atoms with Gasteiger partial charge in [-0.25, -0.2) is 8.42 Å². The van der Waals surface area contributed by atoms with E-state index in [1.807, 2.05) is 0 Å². The van der Waals surface area contributed by atoms with E-state index in [0.717, 1.165) is 4.31 Å². The van der Waals surface area contributed by atoms with E-state index in [-0.39, 0.29) is 9.92 Å². The number of carbonyl (C=O) groups is 1. The fourth-order valence-electron chi connectivity index (χ4n) is 1.13. The second-order valence-electron chi connectivity index (χ2n) is 3.23. The summed E-state index contributed by atoms with van der Waals surface area (Å²) in [5.74, 6) is -1.23. The Morgan fingerprint density at radius 2 is 2.12 bits per heavy atom. The second-order valence-corrected chi connectivity index (χ2v) is 6.57. The third kappa shape index (κ3) is 3.41. The van der Waals surface area contributed by atoms with Gasteiger partial charge in [0.15, 0.2) is 0 Å². The van der Waals surface area contributed by atoms with Gasteiger partial charge in [-0.3, -0.25) is 4.79 Å². The maximum Gasteiger partial charge on any atom is 0.318 e.